The summed E-state index contributed by atoms with van der Waals surface area (Å²) in [5.74, 6) is 0.705. The van der Waals surface area contributed by atoms with E-state index in [0.29, 0.717) is 5.82 Å². The van der Waals surface area contributed by atoms with Crippen LogP contribution in [0.15, 0.2) is 158 Å². The van der Waals surface area contributed by atoms with Crippen molar-refractivity contribution in [3.63, 3.8) is 0 Å². The summed E-state index contributed by atoms with van der Waals surface area (Å²) in [6, 6.07) is 52.0. The minimum Gasteiger partial charge on any atom is -0.256 e. The molecule has 0 atom stereocenters. The van der Waals surface area contributed by atoms with Crippen molar-refractivity contribution in [3.05, 3.63) is 175 Å². The summed E-state index contributed by atoms with van der Waals surface area (Å²) in [5.41, 5.74) is 16.9. The van der Waals surface area contributed by atoms with Crippen LogP contribution in [0.2, 0.25) is 0 Å². The van der Waals surface area contributed by atoms with E-state index in [-0.39, 0.29) is 5.41 Å². The van der Waals surface area contributed by atoms with Crippen molar-refractivity contribution in [1.29, 1.82) is 0 Å². The predicted octanol–water partition coefficient (Wildman–Crippen LogP) is 12.9. The van der Waals surface area contributed by atoms with Crippen molar-refractivity contribution in [1.82, 2.24) is 15.0 Å². The van der Waals surface area contributed by atoms with E-state index in [1.54, 1.807) is 0 Å². The first kappa shape index (κ1) is 33.0. The smallest absolute Gasteiger partial charge is 0.159 e. The molecule has 8 rings (SSSR count). The van der Waals surface area contributed by atoms with Gasteiger partial charge in [-0.25, -0.2) is 9.97 Å². The Morgan fingerprint density at radius 3 is 1.81 bits per heavy atom. The van der Waals surface area contributed by atoms with Gasteiger partial charge in [0.05, 0.1) is 11.2 Å². The van der Waals surface area contributed by atoms with Gasteiger partial charge in [-0.1, -0.05) is 136 Å². The molecule has 0 N–H and O–H groups in total. The van der Waals surface area contributed by atoms with E-state index in [4.69, 9.17) is 15.0 Å². The van der Waals surface area contributed by atoms with E-state index in [2.05, 4.69) is 162 Å². The summed E-state index contributed by atoms with van der Waals surface area (Å²) in [5, 5.41) is 1.01. The third-order valence-electron chi connectivity index (χ3n) is 9.92. The molecular weight excluding hydrogens is 631 g/mol. The summed E-state index contributed by atoms with van der Waals surface area (Å²) in [6.07, 6.45) is 3.93. The lowest BCUT2D eigenvalue weighted by atomic mass is 9.86. The number of pyridine rings is 1. The average molecular weight is 672 g/mol. The fourth-order valence-electron chi connectivity index (χ4n) is 7.10. The number of hydrogen-bond donors (Lipinski definition) is 0. The van der Waals surface area contributed by atoms with Crippen LogP contribution in [0.5, 0.6) is 0 Å². The fourth-order valence-corrected chi connectivity index (χ4v) is 7.10. The van der Waals surface area contributed by atoms with E-state index >= 15 is 0 Å². The molecule has 252 valence electrons. The molecular formula is C49H41N3. The number of aryl methyl sites for hydroxylation is 2. The SMILES string of the molecule is Cc1ccc(-c2cc(-c3ccccc3)cc(-c3ccc(-c4cccc(-c5cc(C(C)(C)C)ccn5)c4)c4nc(-c5ccccc5)ncc34)c2)c(C)c1. The molecule has 0 unspecified atom stereocenters. The Kier molecular flexibility index (Phi) is 8.56. The second kappa shape index (κ2) is 13.5. The van der Waals surface area contributed by atoms with Crippen molar-refractivity contribution in [3.8, 4) is 67.2 Å². The number of benzene rings is 6. The van der Waals surface area contributed by atoms with E-state index in [1.165, 1.54) is 38.9 Å². The number of fused-ring (bicyclic) bond motifs is 1. The Labute approximate surface area is 306 Å². The third-order valence-corrected chi connectivity index (χ3v) is 9.92. The van der Waals surface area contributed by atoms with Crippen molar-refractivity contribution in [2.75, 3.05) is 0 Å². The van der Waals surface area contributed by atoms with Crippen LogP contribution in [0.3, 0.4) is 0 Å². The van der Waals surface area contributed by atoms with Crippen LogP contribution in [-0.4, -0.2) is 15.0 Å². The highest BCUT2D eigenvalue weighted by Gasteiger charge is 2.18. The standard InChI is InChI=1S/C49H41N3/c1-32-19-20-42(33(2)25-32)39-27-38(34-13-8-6-9-14-34)28-40(29-39)43-21-22-44(47-45(43)31-51-48(52-47)35-15-10-7-11-16-35)36-17-12-18-37(26-36)46-30-41(23-24-50-46)49(3,4)5/h6-31H,1-5H3. The minimum absolute atomic E-state index is 0.0297. The summed E-state index contributed by atoms with van der Waals surface area (Å²) in [7, 11) is 0. The van der Waals surface area contributed by atoms with Crippen LogP contribution in [0, 0.1) is 13.8 Å². The predicted molar refractivity (Wildman–Crippen MR) is 218 cm³/mol. The first-order valence-electron chi connectivity index (χ1n) is 17.9. The van der Waals surface area contributed by atoms with Crippen LogP contribution in [0.25, 0.3) is 78.1 Å². The van der Waals surface area contributed by atoms with E-state index in [9.17, 15) is 0 Å². The Hall–Kier alpha value is -6.19. The molecule has 0 aliphatic carbocycles. The lowest BCUT2D eigenvalue weighted by Gasteiger charge is -2.19. The summed E-state index contributed by atoms with van der Waals surface area (Å²) in [4.78, 5) is 15.1. The summed E-state index contributed by atoms with van der Waals surface area (Å²) < 4.78 is 0. The number of rotatable bonds is 6. The molecule has 0 aliphatic heterocycles. The Morgan fingerprint density at radius 1 is 0.462 bits per heavy atom. The van der Waals surface area contributed by atoms with Gasteiger partial charge in [-0.15, -0.1) is 0 Å². The molecule has 0 fully saturated rings. The Balaban J connectivity index is 1.34. The van der Waals surface area contributed by atoms with E-state index in [0.717, 1.165) is 50.0 Å². The third kappa shape index (κ3) is 6.54. The molecule has 0 radical (unpaired) electrons. The van der Waals surface area contributed by atoms with Crippen LogP contribution in [0.1, 0.15) is 37.5 Å². The van der Waals surface area contributed by atoms with Gasteiger partial charge in [0, 0.05) is 34.5 Å². The molecule has 0 spiro atoms. The maximum Gasteiger partial charge on any atom is 0.159 e. The van der Waals surface area contributed by atoms with Gasteiger partial charge in [0.15, 0.2) is 5.82 Å². The second-order valence-corrected chi connectivity index (χ2v) is 14.7. The quantitative estimate of drug-likeness (QED) is 0.177. The first-order valence-corrected chi connectivity index (χ1v) is 17.9. The molecule has 2 heterocycles. The monoisotopic (exact) mass is 671 g/mol. The number of hydrogen-bond acceptors (Lipinski definition) is 3. The lowest BCUT2D eigenvalue weighted by molar-refractivity contribution is 0.589. The van der Waals surface area contributed by atoms with Crippen LogP contribution in [-0.2, 0) is 5.41 Å². The molecule has 6 aromatic carbocycles. The van der Waals surface area contributed by atoms with E-state index < -0.39 is 0 Å². The number of aromatic nitrogens is 3. The zero-order valence-corrected chi connectivity index (χ0v) is 30.4. The van der Waals surface area contributed by atoms with Crippen molar-refractivity contribution in [2.24, 2.45) is 0 Å². The summed E-state index contributed by atoms with van der Waals surface area (Å²) >= 11 is 0. The van der Waals surface area contributed by atoms with Crippen molar-refractivity contribution < 1.29 is 0 Å². The van der Waals surface area contributed by atoms with E-state index in [1.807, 2.05) is 30.6 Å². The topological polar surface area (TPSA) is 38.7 Å². The lowest BCUT2D eigenvalue weighted by Crippen LogP contribution is -2.11. The van der Waals surface area contributed by atoms with Crippen LogP contribution < -0.4 is 0 Å². The Morgan fingerprint density at radius 2 is 1.08 bits per heavy atom. The average Bonchev–Trinajstić information content (AvgIpc) is 3.17. The van der Waals surface area contributed by atoms with Gasteiger partial charge in [0.1, 0.15) is 0 Å². The fraction of sp³-hybridized carbons (Fsp3) is 0.122. The van der Waals surface area contributed by atoms with Crippen LogP contribution in [0.4, 0.5) is 0 Å². The molecule has 2 aromatic heterocycles. The molecule has 52 heavy (non-hydrogen) atoms. The van der Waals surface area contributed by atoms with Gasteiger partial charge >= 0.3 is 0 Å². The van der Waals surface area contributed by atoms with Gasteiger partial charge in [-0.3, -0.25) is 4.98 Å². The maximum atomic E-state index is 5.32. The highest BCUT2D eigenvalue weighted by molar-refractivity contribution is 6.04. The largest absolute Gasteiger partial charge is 0.256 e. The maximum absolute atomic E-state index is 5.32. The van der Waals surface area contributed by atoms with Crippen LogP contribution >= 0.6 is 0 Å². The molecule has 8 aromatic rings. The highest BCUT2D eigenvalue weighted by atomic mass is 14.9. The first-order chi connectivity index (χ1) is 25.2. The molecule has 3 heteroatoms. The Bertz CT molecular complexity index is 2560. The normalized spacial score (nSPS) is 11.6. The van der Waals surface area contributed by atoms with Gasteiger partial charge in [0.25, 0.3) is 0 Å². The van der Waals surface area contributed by atoms with Gasteiger partial charge in [-0.05, 0) is 106 Å². The second-order valence-electron chi connectivity index (χ2n) is 14.7. The highest BCUT2D eigenvalue weighted by Crippen LogP contribution is 2.40. The summed E-state index contributed by atoms with van der Waals surface area (Å²) in [6.45, 7) is 11.1. The van der Waals surface area contributed by atoms with Crippen molar-refractivity contribution >= 4 is 10.9 Å². The minimum atomic E-state index is 0.0297. The molecule has 3 nitrogen and oxygen atoms in total. The molecule has 0 bridgehead atoms. The van der Waals surface area contributed by atoms with Crippen molar-refractivity contribution in [2.45, 2.75) is 40.0 Å². The molecule has 0 aliphatic rings. The van der Waals surface area contributed by atoms with Gasteiger partial charge in [-0.2, -0.15) is 0 Å². The number of nitrogens with zero attached hydrogens (tertiary/aromatic N) is 3. The molecule has 0 saturated heterocycles. The molecule has 0 amide bonds. The zero-order valence-electron chi connectivity index (χ0n) is 30.4. The molecule has 0 saturated carbocycles. The van der Waals surface area contributed by atoms with Gasteiger partial charge < -0.3 is 0 Å². The van der Waals surface area contributed by atoms with Gasteiger partial charge in [0.2, 0.25) is 0 Å². The zero-order chi connectivity index (χ0) is 35.8.